The van der Waals surface area contributed by atoms with Gasteiger partial charge in [0.05, 0.1) is 21.3 Å². The molecule has 0 aliphatic carbocycles. The number of anilines is 1. The Hall–Kier alpha value is -3.42. The van der Waals surface area contributed by atoms with Gasteiger partial charge in [0.15, 0.2) is 11.5 Å². The molecule has 0 saturated heterocycles. The lowest BCUT2D eigenvalue weighted by Crippen LogP contribution is -2.24. The van der Waals surface area contributed by atoms with Gasteiger partial charge < -0.3 is 30.6 Å². The summed E-state index contributed by atoms with van der Waals surface area (Å²) in [7, 11) is 4.60. The summed E-state index contributed by atoms with van der Waals surface area (Å²) in [5, 5.41) is 5.23. The van der Waals surface area contributed by atoms with Crippen molar-refractivity contribution in [3.63, 3.8) is 0 Å². The monoisotopic (exact) mass is 359 g/mol. The predicted octanol–water partition coefficient (Wildman–Crippen LogP) is 2.13. The fourth-order valence-electron chi connectivity index (χ4n) is 2.39. The lowest BCUT2D eigenvalue weighted by atomic mass is 10.1. The fraction of sp³-hybridized carbons (Fsp3) is 0.222. The fourth-order valence-corrected chi connectivity index (χ4v) is 2.39. The van der Waals surface area contributed by atoms with Crippen molar-refractivity contribution in [1.29, 1.82) is 0 Å². The average Bonchev–Trinajstić information content (AvgIpc) is 2.64. The molecule has 2 aromatic rings. The molecule has 0 saturated carbocycles. The number of urea groups is 1. The Morgan fingerprint density at radius 2 is 1.62 bits per heavy atom. The van der Waals surface area contributed by atoms with E-state index in [1.807, 2.05) is 0 Å². The molecule has 0 unspecified atom stereocenters. The van der Waals surface area contributed by atoms with Crippen molar-refractivity contribution < 1.29 is 23.8 Å². The maximum atomic E-state index is 12.4. The van der Waals surface area contributed by atoms with E-state index in [4.69, 9.17) is 19.9 Å². The second-order valence-electron chi connectivity index (χ2n) is 5.27. The Bertz CT molecular complexity index is 807. The molecular formula is C18H21N3O5. The number of hydrogen-bond acceptors (Lipinski definition) is 5. The minimum atomic E-state index is -0.697. The second kappa shape index (κ2) is 8.61. The van der Waals surface area contributed by atoms with E-state index in [0.29, 0.717) is 28.5 Å². The van der Waals surface area contributed by atoms with Crippen LogP contribution in [0, 0.1) is 0 Å². The van der Waals surface area contributed by atoms with Crippen LogP contribution in [0.3, 0.4) is 0 Å². The van der Waals surface area contributed by atoms with Crippen molar-refractivity contribution in [2.75, 3.05) is 26.6 Å². The van der Waals surface area contributed by atoms with Gasteiger partial charge in [-0.3, -0.25) is 4.79 Å². The summed E-state index contributed by atoms with van der Waals surface area (Å²) in [6.07, 6.45) is 0. The molecule has 8 heteroatoms. The molecule has 0 heterocycles. The molecule has 3 amide bonds. The summed E-state index contributed by atoms with van der Waals surface area (Å²) in [4.78, 5) is 23.3. The van der Waals surface area contributed by atoms with Crippen molar-refractivity contribution in [1.82, 2.24) is 5.32 Å². The van der Waals surface area contributed by atoms with Crippen LogP contribution in [0.4, 0.5) is 10.5 Å². The van der Waals surface area contributed by atoms with E-state index in [2.05, 4.69) is 10.6 Å². The third-order valence-electron chi connectivity index (χ3n) is 3.62. The first-order chi connectivity index (χ1) is 12.5. The molecule has 2 aromatic carbocycles. The highest BCUT2D eigenvalue weighted by Crippen LogP contribution is 2.34. The van der Waals surface area contributed by atoms with Gasteiger partial charge in [-0.25, -0.2) is 4.79 Å². The topological polar surface area (TPSA) is 112 Å². The molecule has 0 aromatic heterocycles. The van der Waals surface area contributed by atoms with Gasteiger partial charge in [0.2, 0.25) is 0 Å². The molecular weight excluding hydrogens is 338 g/mol. The SMILES string of the molecule is COc1cc(OC)c(OC)cc1CNC(=O)c1cccc(NC(N)=O)c1. The largest absolute Gasteiger partial charge is 0.496 e. The number of primary amides is 1. The molecule has 26 heavy (non-hydrogen) atoms. The highest BCUT2D eigenvalue weighted by atomic mass is 16.5. The van der Waals surface area contributed by atoms with Gasteiger partial charge in [-0.2, -0.15) is 0 Å². The molecule has 0 bridgehead atoms. The van der Waals surface area contributed by atoms with Crippen molar-refractivity contribution in [2.45, 2.75) is 6.54 Å². The highest BCUT2D eigenvalue weighted by Gasteiger charge is 2.13. The van der Waals surface area contributed by atoms with Gasteiger partial charge in [-0.1, -0.05) is 6.07 Å². The Morgan fingerprint density at radius 1 is 0.962 bits per heavy atom. The molecule has 0 atom stereocenters. The first kappa shape index (κ1) is 18.9. The summed E-state index contributed by atoms with van der Waals surface area (Å²) >= 11 is 0. The second-order valence-corrected chi connectivity index (χ2v) is 5.27. The van der Waals surface area contributed by atoms with E-state index in [9.17, 15) is 9.59 Å². The Kier molecular flexibility index (Phi) is 6.26. The summed E-state index contributed by atoms with van der Waals surface area (Å²) in [5.74, 6) is 1.32. The summed E-state index contributed by atoms with van der Waals surface area (Å²) < 4.78 is 15.9. The quantitative estimate of drug-likeness (QED) is 0.701. The van der Waals surface area contributed by atoms with Crippen molar-refractivity contribution >= 4 is 17.6 Å². The Balaban J connectivity index is 2.15. The highest BCUT2D eigenvalue weighted by molar-refractivity contribution is 5.96. The minimum Gasteiger partial charge on any atom is -0.496 e. The number of ether oxygens (including phenoxy) is 3. The number of nitrogens with two attached hydrogens (primary N) is 1. The van der Waals surface area contributed by atoms with E-state index in [1.54, 1.807) is 30.3 Å². The minimum absolute atomic E-state index is 0.218. The van der Waals surface area contributed by atoms with Gasteiger partial charge in [-0.15, -0.1) is 0 Å². The predicted molar refractivity (Wildman–Crippen MR) is 96.9 cm³/mol. The molecule has 2 rings (SSSR count). The van der Waals surface area contributed by atoms with Crippen LogP contribution >= 0.6 is 0 Å². The maximum Gasteiger partial charge on any atom is 0.316 e. The number of methoxy groups -OCH3 is 3. The third kappa shape index (κ3) is 4.56. The van der Waals surface area contributed by atoms with Crippen LogP contribution in [0.2, 0.25) is 0 Å². The molecule has 0 fully saturated rings. The van der Waals surface area contributed by atoms with Crippen LogP contribution in [0.5, 0.6) is 17.2 Å². The number of rotatable bonds is 7. The first-order valence-electron chi connectivity index (χ1n) is 7.72. The van der Waals surface area contributed by atoms with Crippen LogP contribution in [0.1, 0.15) is 15.9 Å². The van der Waals surface area contributed by atoms with E-state index in [1.165, 1.54) is 27.4 Å². The molecule has 8 nitrogen and oxygen atoms in total. The summed E-state index contributed by atoms with van der Waals surface area (Å²) in [5.41, 5.74) is 6.63. The van der Waals surface area contributed by atoms with Crippen molar-refractivity contribution in [3.8, 4) is 17.2 Å². The van der Waals surface area contributed by atoms with Gasteiger partial charge in [0.25, 0.3) is 5.91 Å². The number of amides is 3. The summed E-state index contributed by atoms with van der Waals surface area (Å²) in [6, 6.07) is 9.19. The molecule has 4 N–H and O–H groups in total. The smallest absolute Gasteiger partial charge is 0.316 e. The van der Waals surface area contributed by atoms with E-state index < -0.39 is 6.03 Å². The third-order valence-corrected chi connectivity index (χ3v) is 3.62. The summed E-state index contributed by atoms with van der Waals surface area (Å²) in [6.45, 7) is 0.218. The molecule has 0 aliphatic rings. The maximum absolute atomic E-state index is 12.4. The van der Waals surface area contributed by atoms with Gasteiger partial charge >= 0.3 is 6.03 Å². The average molecular weight is 359 g/mol. The molecule has 138 valence electrons. The van der Waals surface area contributed by atoms with Crippen LogP contribution < -0.4 is 30.6 Å². The number of carbonyl (C=O) groups is 2. The van der Waals surface area contributed by atoms with Crippen molar-refractivity contribution in [2.24, 2.45) is 5.73 Å². The van der Waals surface area contributed by atoms with E-state index in [0.717, 1.165) is 5.56 Å². The number of hydrogen-bond donors (Lipinski definition) is 3. The Labute approximate surface area is 151 Å². The number of carbonyl (C=O) groups excluding carboxylic acids is 2. The molecule has 0 radical (unpaired) electrons. The standard InChI is InChI=1S/C18H21N3O5/c1-24-14-9-16(26-3)15(25-2)8-12(14)10-20-17(22)11-5-4-6-13(7-11)21-18(19)23/h4-9H,10H2,1-3H3,(H,20,22)(H3,19,21,23). The zero-order valence-corrected chi connectivity index (χ0v) is 14.8. The normalized spacial score (nSPS) is 9.96. The van der Waals surface area contributed by atoms with E-state index in [-0.39, 0.29) is 12.5 Å². The molecule has 0 spiro atoms. The van der Waals surface area contributed by atoms with Crippen molar-refractivity contribution in [3.05, 3.63) is 47.5 Å². The van der Waals surface area contributed by atoms with Crippen LogP contribution in [0.25, 0.3) is 0 Å². The van der Waals surface area contributed by atoms with E-state index >= 15 is 0 Å². The van der Waals surface area contributed by atoms with Crippen LogP contribution in [-0.4, -0.2) is 33.3 Å². The number of nitrogens with one attached hydrogen (secondary N) is 2. The van der Waals surface area contributed by atoms with Gasteiger partial charge in [0.1, 0.15) is 5.75 Å². The zero-order chi connectivity index (χ0) is 19.1. The first-order valence-corrected chi connectivity index (χ1v) is 7.72. The van der Waals surface area contributed by atoms with Gasteiger partial charge in [0, 0.05) is 29.4 Å². The van der Waals surface area contributed by atoms with Gasteiger partial charge in [-0.05, 0) is 24.3 Å². The van der Waals surface area contributed by atoms with Crippen LogP contribution in [-0.2, 0) is 6.54 Å². The van der Waals surface area contributed by atoms with Crippen LogP contribution in [0.15, 0.2) is 36.4 Å². The number of benzene rings is 2. The molecule has 0 aliphatic heterocycles. The zero-order valence-electron chi connectivity index (χ0n) is 14.8. The lowest BCUT2D eigenvalue weighted by Gasteiger charge is -2.14. The lowest BCUT2D eigenvalue weighted by molar-refractivity contribution is 0.0950. The Morgan fingerprint density at radius 3 is 2.23 bits per heavy atom.